The smallest absolute Gasteiger partial charge is 0.141 e. The van der Waals surface area contributed by atoms with Gasteiger partial charge in [-0.05, 0) is 23.7 Å². The SMILES string of the molecule is O=C1[C@@H]2[C@@H]3C=C[C@@H]4[C@@H]2C(=O)[C@@H]2[C@@H]1[C@@H]3[C@@H]42. The fourth-order valence-electron chi connectivity index (χ4n) is 5.43. The highest BCUT2D eigenvalue weighted by molar-refractivity contribution is 6.06. The largest absolute Gasteiger partial charge is 0.299 e. The molecule has 4 aliphatic carbocycles. The molecule has 3 saturated carbocycles. The van der Waals surface area contributed by atoms with Crippen molar-refractivity contribution in [3.05, 3.63) is 12.2 Å². The Hall–Kier alpha value is -0.920. The molecule has 0 unspecified atom stereocenters. The number of carbonyl (C=O) groups excluding carboxylic acids is 2. The van der Waals surface area contributed by atoms with Gasteiger partial charge in [-0.15, -0.1) is 0 Å². The van der Waals surface area contributed by atoms with Gasteiger partial charge < -0.3 is 0 Å². The van der Waals surface area contributed by atoms with E-state index in [0.29, 0.717) is 35.2 Å². The Kier molecular flexibility index (Phi) is 0.718. The standard InChI is InChI=1S/C12H10O2/c13-11-7-3-1-2-4-6-5(3)9(11)10(6)12(14)8(4)7/h1-10H/t3-,4+,5+,6-,7-,8+,9-,10-/m0/s1. The third-order valence-electron chi connectivity index (χ3n) is 5.64. The van der Waals surface area contributed by atoms with Gasteiger partial charge in [0.25, 0.3) is 0 Å². The van der Waals surface area contributed by atoms with Crippen LogP contribution >= 0.6 is 0 Å². The van der Waals surface area contributed by atoms with Crippen LogP contribution in [0.5, 0.6) is 0 Å². The molecule has 0 aromatic rings. The second-order valence-corrected chi connectivity index (χ2v) is 5.60. The van der Waals surface area contributed by atoms with Crippen molar-refractivity contribution in [2.45, 2.75) is 0 Å². The first-order valence-corrected chi connectivity index (χ1v) is 5.56. The number of hydrogen-bond donors (Lipinski definition) is 0. The number of Topliss-reactive ketones (excluding diaryl/α,β-unsaturated/α-hetero) is 2. The highest BCUT2D eigenvalue weighted by Gasteiger charge is 2.80. The zero-order valence-corrected chi connectivity index (χ0v) is 7.59. The highest BCUT2D eigenvalue weighted by atomic mass is 16.1. The monoisotopic (exact) mass is 186 g/mol. The fraction of sp³-hybridized carbons (Fsp3) is 0.667. The van der Waals surface area contributed by atoms with Crippen LogP contribution in [0.2, 0.25) is 0 Å². The lowest BCUT2D eigenvalue weighted by atomic mass is 9.52. The summed E-state index contributed by atoms with van der Waals surface area (Å²) in [6, 6.07) is 0. The summed E-state index contributed by atoms with van der Waals surface area (Å²) in [6.07, 6.45) is 4.47. The number of rotatable bonds is 0. The Morgan fingerprint density at radius 1 is 0.714 bits per heavy atom. The van der Waals surface area contributed by atoms with Gasteiger partial charge in [0, 0.05) is 23.7 Å². The molecule has 4 rings (SSSR count). The summed E-state index contributed by atoms with van der Waals surface area (Å²) in [7, 11) is 0. The fourth-order valence-corrected chi connectivity index (χ4v) is 5.43. The lowest BCUT2D eigenvalue weighted by molar-refractivity contribution is -0.145. The van der Waals surface area contributed by atoms with Gasteiger partial charge in [-0.25, -0.2) is 0 Å². The molecule has 0 saturated heterocycles. The van der Waals surface area contributed by atoms with E-state index in [1.54, 1.807) is 0 Å². The molecule has 8 atom stereocenters. The Morgan fingerprint density at radius 3 is 1.57 bits per heavy atom. The zero-order chi connectivity index (χ0) is 9.19. The summed E-state index contributed by atoms with van der Waals surface area (Å²) in [4.78, 5) is 24.0. The Morgan fingerprint density at radius 2 is 1.14 bits per heavy atom. The average molecular weight is 186 g/mol. The average Bonchev–Trinajstić information content (AvgIpc) is 2.40. The zero-order valence-electron chi connectivity index (χ0n) is 7.59. The number of carbonyl (C=O) groups is 2. The minimum atomic E-state index is 0.113. The van der Waals surface area contributed by atoms with Crippen LogP contribution in [0.1, 0.15) is 0 Å². The van der Waals surface area contributed by atoms with Crippen molar-refractivity contribution in [2.24, 2.45) is 47.3 Å². The van der Waals surface area contributed by atoms with Crippen molar-refractivity contribution in [1.29, 1.82) is 0 Å². The molecular weight excluding hydrogens is 176 g/mol. The molecule has 0 spiro atoms. The molecule has 0 bridgehead atoms. The Balaban J connectivity index is 1.91. The van der Waals surface area contributed by atoms with Crippen molar-refractivity contribution >= 4 is 11.6 Å². The summed E-state index contributed by atoms with van der Waals surface area (Å²) < 4.78 is 0. The van der Waals surface area contributed by atoms with Crippen molar-refractivity contribution in [1.82, 2.24) is 0 Å². The van der Waals surface area contributed by atoms with Crippen LogP contribution in [-0.2, 0) is 9.59 Å². The van der Waals surface area contributed by atoms with Crippen LogP contribution in [0.3, 0.4) is 0 Å². The minimum Gasteiger partial charge on any atom is -0.299 e. The van der Waals surface area contributed by atoms with Gasteiger partial charge in [0.1, 0.15) is 11.6 Å². The highest BCUT2D eigenvalue weighted by Crippen LogP contribution is 2.75. The van der Waals surface area contributed by atoms with Crippen LogP contribution in [0.15, 0.2) is 12.2 Å². The van der Waals surface area contributed by atoms with Crippen LogP contribution in [0.4, 0.5) is 0 Å². The quantitative estimate of drug-likeness (QED) is 0.412. The van der Waals surface area contributed by atoms with Crippen molar-refractivity contribution in [2.75, 3.05) is 0 Å². The first kappa shape index (κ1) is 6.54. The minimum absolute atomic E-state index is 0.113. The molecule has 4 aliphatic rings. The maximum absolute atomic E-state index is 12.0. The summed E-state index contributed by atoms with van der Waals surface area (Å²) in [5.74, 6) is 3.50. The van der Waals surface area contributed by atoms with Crippen LogP contribution in [0.25, 0.3) is 0 Å². The molecule has 0 amide bonds. The predicted octanol–water partition coefficient (Wildman–Crippen LogP) is 0.678. The normalized spacial score (nSPS) is 69.4. The van der Waals surface area contributed by atoms with E-state index in [0.717, 1.165) is 0 Å². The third kappa shape index (κ3) is 0.358. The first-order chi connectivity index (χ1) is 6.80. The van der Waals surface area contributed by atoms with Crippen LogP contribution in [-0.4, -0.2) is 11.6 Å². The number of ketones is 2. The molecule has 0 aliphatic heterocycles. The molecule has 3 fully saturated rings. The van der Waals surface area contributed by atoms with E-state index in [9.17, 15) is 9.59 Å². The van der Waals surface area contributed by atoms with E-state index in [-0.39, 0.29) is 23.7 Å². The molecule has 0 heterocycles. The van der Waals surface area contributed by atoms with Crippen LogP contribution < -0.4 is 0 Å². The predicted molar refractivity (Wildman–Crippen MR) is 47.1 cm³/mol. The van der Waals surface area contributed by atoms with Crippen LogP contribution in [0, 0.1) is 47.3 Å². The Bertz CT molecular complexity index is 396. The van der Waals surface area contributed by atoms with Gasteiger partial charge >= 0.3 is 0 Å². The molecule has 2 nitrogen and oxygen atoms in total. The van der Waals surface area contributed by atoms with Gasteiger partial charge in [0.15, 0.2) is 0 Å². The van der Waals surface area contributed by atoms with Crippen molar-refractivity contribution < 1.29 is 9.59 Å². The second-order valence-electron chi connectivity index (χ2n) is 5.60. The lowest BCUT2D eigenvalue weighted by Crippen LogP contribution is -2.50. The van der Waals surface area contributed by atoms with Gasteiger partial charge in [0.2, 0.25) is 0 Å². The van der Waals surface area contributed by atoms with E-state index < -0.39 is 0 Å². The number of allylic oxidation sites excluding steroid dienone is 2. The second kappa shape index (κ2) is 1.54. The summed E-state index contributed by atoms with van der Waals surface area (Å²) >= 11 is 0. The van der Waals surface area contributed by atoms with E-state index in [2.05, 4.69) is 12.2 Å². The summed E-state index contributed by atoms with van der Waals surface area (Å²) in [5, 5.41) is 0. The topological polar surface area (TPSA) is 34.1 Å². The molecule has 0 aromatic heterocycles. The molecule has 14 heavy (non-hydrogen) atoms. The third-order valence-corrected chi connectivity index (χ3v) is 5.64. The maximum atomic E-state index is 12.0. The van der Waals surface area contributed by atoms with Gasteiger partial charge in [-0.3, -0.25) is 9.59 Å². The van der Waals surface area contributed by atoms with Gasteiger partial charge in [0.05, 0.1) is 0 Å². The van der Waals surface area contributed by atoms with E-state index in [1.807, 2.05) is 0 Å². The van der Waals surface area contributed by atoms with E-state index in [4.69, 9.17) is 0 Å². The summed E-state index contributed by atoms with van der Waals surface area (Å²) in [5.41, 5.74) is 0. The van der Waals surface area contributed by atoms with E-state index >= 15 is 0 Å². The van der Waals surface area contributed by atoms with Gasteiger partial charge in [-0.2, -0.15) is 0 Å². The number of fused-ring (bicyclic) bond motifs is 9. The van der Waals surface area contributed by atoms with E-state index in [1.165, 1.54) is 0 Å². The molecule has 0 N–H and O–H groups in total. The molecule has 2 heteroatoms. The van der Waals surface area contributed by atoms with Gasteiger partial charge in [-0.1, -0.05) is 12.2 Å². The lowest BCUT2D eigenvalue weighted by Gasteiger charge is -2.50. The molecule has 0 radical (unpaired) electrons. The molecular formula is C12H10O2. The molecule has 70 valence electrons. The maximum Gasteiger partial charge on any atom is 0.141 e. The summed E-state index contributed by atoms with van der Waals surface area (Å²) in [6.45, 7) is 0. The molecule has 0 aromatic carbocycles. The van der Waals surface area contributed by atoms with Crippen molar-refractivity contribution in [3.8, 4) is 0 Å². The Labute approximate surface area is 81.4 Å². The first-order valence-electron chi connectivity index (χ1n) is 5.56. The van der Waals surface area contributed by atoms with Crippen molar-refractivity contribution in [3.63, 3.8) is 0 Å². The number of hydrogen-bond acceptors (Lipinski definition) is 2.